The molecule has 1 N–H and O–H groups in total. The number of likely N-dealkylation sites (N-methyl/N-ethyl adjacent to an activating group) is 1. The highest BCUT2D eigenvalue weighted by molar-refractivity contribution is 7.98. The van der Waals surface area contributed by atoms with E-state index in [1.807, 2.05) is 27.0 Å². The quantitative estimate of drug-likeness (QED) is 0.586. The Hall–Kier alpha value is -2.16. The van der Waals surface area contributed by atoms with Crippen LogP contribution in [0.2, 0.25) is 0 Å². The van der Waals surface area contributed by atoms with E-state index in [0.717, 1.165) is 17.0 Å². The van der Waals surface area contributed by atoms with Crippen LogP contribution in [0.25, 0.3) is 5.78 Å². The molecule has 25 heavy (non-hydrogen) atoms. The Morgan fingerprint density at radius 3 is 2.68 bits per heavy atom. The van der Waals surface area contributed by atoms with Crippen LogP contribution in [-0.4, -0.2) is 50.4 Å². The summed E-state index contributed by atoms with van der Waals surface area (Å²) in [7, 11) is 0. The van der Waals surface area contributed by atoms with Crippen LogP contribution >= 0.6 is 11.8 Å². The van der Waals surface area contributed by atoms with Crippen molar-refractivity contribution >= 4 is 29.4 Å². The van der Waals surface area contributed by atoms with Gasteiger partial charge in [-0.25, -0.2) is 9.50 Å². The maximum Gasteiger partial charge on any atom is 0.306 e. The number of carbonyl (C=O) groups excluding carboxylic acids is 2. The molecule has 0 aliphatic rings. The van der Waals surface area contributed by atoms with Gasteiger partial charge in [-0.15, -0.1) is 5.10 Å². The highest BCUT2D eigenvalue weighted by atomic mass is 32.2. The van der Waals surface area contributed by atoms with Gasteiger partial charge in [0.25, 0.3) is 11.7 Å². The van der Waals surface area contributed by atoms with Gasteiger partial charge in [0.15, 0.2) is 6.10 Å². The molecular weight excluding hydrogens is 342 g/mol. The summed E-state index contributed by atoms with van der Waals surface area (Å²) in [5.74, 6) is -0.157. The third kappa shape index (κ3) is 4.47. The molecule has 0 unspecified atom stereocenters. The largest absolute Gasteiger partial charge is 0.453 e. The SMILES string of the molecule is CCNC(=O)[C@@H](C)OC(=O)CCc1c(C)nc2nc(SC)nn2c1C. The molecule has 0 aliphatic carbocycles. The zero-order chi connectivity index (χ0) is 18.6. The number of aryl methyl sites for hydroxylation is 2. The number of carbonyl (C=O) groups is 2. The first-order chi connectivity index (χ1) is 11.9. The molecule has 0 saturated heterocycles. The minimum Gasteiger partial charge on any atom is -0.453 e. The average Bonchev–Trinajstić information content (AvgIpc) is 2.98. The van der Waals surface area contributed by atoms with Crippen molar-refractivity contribution in [1.29, 1.82) is 0 Å². The number of nitrogens with one attached hydrogen (secondary N) is 1. The summed E-state index contributed by atoms with van der Waals surface area (Å²) in [6.45, 7) is 7.69. The van der Waals surface area contributed by atoms with Crippen molar-refractivity contribution in [3.05, 3.63) is 17.0 Å². The van der Waals surface area contributed by atoms with Gasteiger partial charge in [0.2, 0.25) is 5.16 Å². The van der Waals surface area contributed by atoms with Gasteiger partial charge in [0, 0.05) is 24.4 Å². The predicted octanol–water partition coefficient (Wildman–Crippen LogP) is 1.46. The molecule has 0 fully saturated rings. The lowest BCUT2D eigenvalue weighted by Crippen LogP contribution is -2.35. The van der Waals surface area contributed by atoms with Gasteiger partial charge in [-0.3, -0.25) is 9.59 Å². The normalized spacial score (nSPS) is 12.2. The van der Waals surface area contributed by atoms with Gasteiger partial charge in [-0.1, -0.05) is 11.8 Å². The number of ether oxygens (including phenoxy) is 1. The van der Waals surface area contributed by atoms with E-state index in [0.29, 0.717) is 23.9 Å². The Labute approximate surface area is 150 Å². The Bertz CT molecular complexity index is 790. The van der Waals surface area contributed by atoms with Crippen molar-refractivity contribution in [2.24, 2.45) is 0 Å². The summed E-state index contributed by atoms with van der Waals surface area (Å²) < 4.78 is 6.86. The van der Waals surface area contributed by atoms with E-state index >= 15 is 0 Å². The standard InChI is InChI=1S/C16H23N5O3S/c1-6-17-14(23)11(4)24-13(22)8-7-12-9(2)18-15-19-16(25-5)20-21(15)10(12)3/h11H,6-8H2,1-5H3,(H,17,23)/t11-/m1/s1. The van der Waals surface area contributed by atoms with Crippen LogP contribution in [0, 0.1) is 13.8 Å². The second-order valence-corrected chi connectivity index (χ2v) is 6.37. The predicted molar refractivity (Wildman–Crippen MR) is 94.6 cm³/mol. The highest BCUT2D eigenvalue weighted by Crippen LogP contribution is 2.18. The van der Waals surface area contributed by atoms with Gasteiger partial charge < -0.3 is 10.1 Å². The summed E-state index contributed by atoms with van der Waals surface area (Å²) in [6, 6.07) is 0. The van der Waals surface area contributed by atoms with E-state index in [9.17, 15) is 9.59 Å². The fourth-order valence-electron chi connectivity index (χ4n) is 2.49. The summed E-state index contributed by atoms with van der Waals surface area (Å²) in [6.07, 6.45) is 1.75. The molecule has 2 aromatic heterocycles. The van der Waals surface area contributed by atoms with Gasteiger partial charge in [-0.2, -0.15) is 4.98 Å². The number of hydrogen-bond acceptors (Lipinski definition) is 7. The topological polar surface area (TPSA) is 98.5 Å². The molecule has 0 aromatic carbocycles. The van der Waals surface area contributed by atoms with Gasteiger partial charge in [-0.05, 0) is 45.9 Å². The molecule has 0 radical (unpaired) electrons. The summed E-state index contributed by atoms with van der Waals surface area (Å²) in [5, 5.41) is 7.67. The summed E-state index contributed by atoms with van der Waals surface area (Å²) in [4.78, 5) is 32.4. The van der Waals surface area contributed by atoms with Gasteiger partial charge in [0.05, 0.1) is 0 Å². The van der Waals surface area contributed by atoms with Crippen molar-refractivity contribution in [2.75, 3.05) is 12.8 Å². The maximum atomic E-state index is 12.0. The van der Waals surface area contributed by atoms with Crippen LogP contribution in [0.1, 0.15) is 37.2 Å². The second-order valence-electron chi connectivity index (χ2n) is 5.60. The van der Waals surface area contributed by atoms with Crippen molar-refractivity contribution < 1.29 is 14.3 Å². The van der Waals surface area contributed by atoms with Gasteiger partial charge >= 0.3 is 5.97 Å². The second kappa shape index (κ2) is 8.28. The molecule has 9 heteroatoms. The zero-order valence-corrected chi connectivity index (χ0v) is 15.9. The lowest BCUT2D eigenvalue weighted by Gasteiger charge is -2.13. The Morgan fingerprint density at radius 1 is 1.32 bits per heavy atom. The smallest absolute Gasteiger partial charge is 0.306 e. The summed E-state index contributed by atoms with van der Waals surface area (Å²) >= 11 is 1.45. The van der Waals surface area contributed by atoms with Crippen LogP contribution in [0.4, 0.5) is 0 Å². The number of aromatic nitrogens is 4. The number of hydrogen-bond donors (Lipinski definition) is 1. The monoisotopic (exact) mass is 365 g/mol. The first-order valence-corrected chi connectivity index (χ1v) is 9.33. The van der Waals surface area contributed by atoms with Crippen LogP contribution < -0.4 is 5.32 Å². The molecule has 0 saturated carbocycles. The molecule has 1 atom stereocenters. The van der Waals surface area contributed by atoms with Crippen molar-refractivity contribution in [3.8, 4) is 0 Å². The first kappa shape index (κ1) is 19.2. The van der Waals surface area contributed by atoms with E-state index in [4.69, 9.17) is 4.74 Å². The number of nitrogens with zero attached hydrogens (tertiary/aromatic N) is 4. The molecule has 0 aliphatic heterocycles. The lowest BCUT2D eigenvalue weighted by atomic mass is 10.1. The number of fused-ring (bicyclic) bond motifs is 1. The number of esters is 1. The number of amides is 1. The van der Waals surface area contributed by atoms with Crippen molar-refractivity contribution in [3.63, 3.8) is 0 Å². The van der Waals surface area contributed by atoms with E-state index in [-0.39, 0.29) is 12.3 Å². The molecular formula is C16H23N5O3S. The Morgan fingerprint density at radius 2 is 2.04 bits per heavy atom. The maximum absolute atomic E-state index is 12.0. The molecule has 0 bridgehead atoms. The lowest BCUT2D eigenvalue weighted by molar-refractivity contribution is -0.154. The minimum absolute atomic E-state index is 0.169. The van der Waals surface area contributed by atoms with Crippen LogP contribution in [0.5, 0.6) is 0 Å². The van der Waals surface area contributed by atoms with Crippen molar-refractivity contribution in [1.82, 2.24) is 24.9 Å². The van der Waals surface area contributed by atoms with E-state index in [1.165, 1.54) is 11.8 Å². The van der Waals surface area contributed by atoms with Crippen molar-refractivity contribution in [2.45, 2.75) is 51.8 Å². The average molecular weight is 365 g/mol. The molecule has 136 valence electrons. The van der Waals surface area contributed by atoms with Gasteiger partial charge in [0.1, 0.15) is 0 Å². The Kier molecular flexibility index (Phi) is 6.35. The van der Waals surface area contributed by atoms with E-state index in [2.05, 4.69) is 20.4 Å². The van der Waals surface area contributed by atoms with E-state index < -0.39 is 12.1 Å². The third-order valence-corrected chi connectivity index (χ3v) is 4.36. The zero-order valence-electron chi connectivity index (χ0n) is 15.1. The van der Waals surface area contributed by atoms with Crippen LogP contribution in [0.15, 0.2) is 5.16 Å². The fourth-order valence-corrected chi connectivity index (χ4v) is 2.83. The molecule has 2 aromatic rings. The van der Waals surface area contributed by atoms with Crippen LogP contribution in [-0.2, 0) is 20.7 Å². The molecule has 2 heterocycles. The number of thioether (sulfide) groups is 1. The molecule has 0 spiro atoms. The molecule has 8 nitrogen and oxygen atoms in total. The molecule has 2 rings (SSSR count). The fraction of sp³-hybridized carbons (Fsp3) is 0.562. The number of rotatable bonds is 7. The van der Waals surface area contributed by atoms with Crippen LogP contribution in [0.3, 0.4) is 0 Å². The minimum atomic E-state index is -0.797. The third-order valence-electron chi connectivity index (χ3n) is 3.82. The van der Waals surface area contributed by atoms with E-state index in [1.54, 1.807) is 11.4 Å². The molecule has 1 amide bonds. The first-order valence-electron chi connectivity index (χ1n) is 8.11. The highest BCUT2D eigenvalue weighted by Gasteiger charge is 2.18. The summed E-state index contributed by atoms with van der Waals surface area (Å²) in [5.41, 5.74) is 2.65. The Balaban J connectivity index is 2.07.